The van der Waals surface area contributed by atoms with Gasteiger partial charge in [-0.3, -0.25) is 4.79 Å². The van der Waals surface area contributed by atoms with Gasteiger partial charge in [0.2, 0.25) is 0 Å². The summed E-state index contributed by atoms with van der Waals surface area (Å²) < 4.78 is -0.274. The number of rotatable bonds is 5. The number of halogens is 2. The summed E-state index contributed by atoms with van der Waals surface area (Å²) in [5, 5.41) is 7.79. The minimum absolute atomic E-state index is 0.175. The zero-order chi connectivity index (χ0) is 21.0. The number of carbonyl (C=O) groups excluding carboxylic acids is 2. The molecule has 152 valence electrons. The van der Waals surface area contributed by atoms with Crippen molar-refractivity contribution in [2.45, 2.75) is 12.3 Å². The zero-order valence-electron chi connectivity index (χ0n) is 16.1. The lowest BCUT2D eigenvalue weighted by Gasteiger charge is -2.23. The standard InChI is InChI=1S/C22H19Cl2N4O2/c1-26-21(29)20-27(28(20,22(26)30)18-12-5-4-10-16(18)24)19(13-23)25-17-11-6-8-14-7-2-3-9-15(14)17/h2-12,19-20,25H,13H2,1H3/q+1. The van der Waals surface area contributed by atoms with E-state index in [0.29, 0.717) is 10.7 Å². The predicted molar refractivity (Wildman–Crippen MR) is 119 cm³/mol. The number of imide groups is 1. The number of quaternary nitrogens is 1. The lowest BCUT2D eigenvalue weighted by molar-refractivity contribution is -0.126. The Bertz CT molecular complexity index is 1180. The van der Waals surface area contributed by atoms with Gasteiger partial charge in [0.1, 0.15) is 11.2 Å². The predicted octanol–water partition coefficient (Wildman–Crippen LogP) is 4.63. The van der Waals surface area contributed by atoms with Gasteiger partial charge in [-0.25, -0.2) is 9.69 Å². The number of likely N-dealkylation sites (N-methyl/N-ethyl adjacent to an activating group) is 1. The van der Waals surface area contributed by atoms with Crippen molar-refractivity contribution in [3.8, 4) is 0 Å². The molecule has 0 radical (unpaired) electrons. The van der Waals surface area contributed by atoms with Crippen molar-refractivity contribution >= 4 is 57.3 Å². The molecule has 2 fully saturated rings. The Morgan fingerprint density at radius 3 is 2.50 bits per heavy atom. The Morgan fingerprint density at radius 2 is 1.73 bits per heavy atom. The Morgan fingerprint density at radius 1 is 1.03 bits per heavy atom. The number of nitrogens with one attached hydrogen (secondary N) is 1. The van der Waals surface area contributed by atoms with Gasteiger partial charge in [-0.15, -0.1) is 11.6 Å². The lowest BCUT2D eigenvalue weighted by atomic mass is 10.1. The maximum Gasteiger partial charge on any atom is 0.452 e. The number of nitrogens with zero attached hydrogens (tertiary/aromatic N) is 3. The van der Waals surface area contributed by atoms with Crippen molar-refractivity contribution in [2.75, 3.05) is 18.2 Å². The van der Waals surface area contributed by atoms with E-state index in [1.165, 1.54) is 7.05 Å². The lowest BCUT2D eigenvalue weighted by Crippen LogP contribution is -2.49. The second-order valence-electron chi connectivity index (χ2n) is 7.41. The van der Waals surface area contributed by atoms with Crippen LogP contribution in [0.25, 0.3) is 10.8 Å². The smallest absolute Gasteiger partial charge is 0.364 e. The second kappa shape index (κ2) is 6.96. The molecule has 2 heterocycles. The van der Waals surface area contributed by atoms with Gasteiger partial charge in [-0.1, -0.05) is 64.7 Å². The molecule has 4 atom stereocenters. The molecule has 2 saturated heterocycles. The minimum atomic E-state index is -0.686. The second-order valence-corrected chi connectivity index (χ2v) is 8.13. The highest BCUT2D eigenvalue weighted by Crippen LogP contribution is 2.53. The molecule has 0 saturated carbocycles. The molecule has 1 N–H and O–H groups in total. The number of anilines is 1. The monoisotopic (exact) mass is 441 g/mol. The van der Waals surface area contributed by atoms with Gasteiger partial charge < -0.3 is 5.32 Å². The Balaban J connectivity index is 1.58. The first-order valence-corrected chi connectivity index (χ1v) is 10.5. The molecule has 2 aliphatic heterocycles. The highest BCUT2D eigenvalue weighted by Gasteiger charge is 2.85. The number of urea groups is 1. The highest BCUT2D eigenvalue weighted by atomic mass is 35.5. The van der Waals surface area contributed by atoms with Gasteiger partial charge in [0.25, 0.3) is 0 Å². The van der Waals surface area contributed by atoms with Gasteiger partial charge in [-0.05, 0) is 22.5 Å². The van der Waals surface area contributed by atoms with Crippen molar-refractivity contribution < 1.29 is 9.59 Å². The van der Waals surface area contributed by atoms with E-state index in [9.17, 15) is 9.59 Å². The fourth-order valence-corrected chi connectivity index (χ4v) is 4.91. The van der Waals surface area contributed by atoms with Crippen molar-refractivity contribution in [1.29, 1.82) is 0 Å². The first kappa shape index (κ1) is 19.3. The normalized spacial score (nSPS) is 26.0. The van der Waals surface area contributed by atoms with Crippen LogP contribution < -0.4 is 9.91 Å². The third-order valence-electron chi connectivity index (χ3n) is 5.84. The molecule has 3 aromatic rings. The fourth-order valence-electron chi connectivity index (χ4n) is 4.43. The third kappa shape index (κ3) is 2.51. The maximum absolute atomic E-state index is 13.2. The topological polar surface area (TPSA) is 52.4 Å². The van der Waals surface area contributed by atoms with Crippen LogP contribution in [0.5, 0.6) is 0 Å². The van der Waals surface area contributed by atoms with Crippen LogP contribution in [0.15, 0.2) is 66.7 Å². The number of benzene rings is 3. The quantitative estimate of drug-likeness (QED) is 0.271. The van der Waals surface area contributed by atoms with Crippen LogP contribution in [0.1, 0.15) is 0 Å². The van der Waals surface area contributed by atoms with Crippen LogP contribution in [0.4, 0.5) is 16.2 Å². The van der Waals surface area contributed by atoms with Gasteiger partial charge in [0.15, 0.2) is 5.69 Å². The molecule has 0 spiro atoms. The van der Waals surface area contributed by atoms with Crippen LogP contribution in [-0.2, 0) is 4.79 Å². The molecule has 8 heteroatoms. The molecule has 6 nitrogen and oxygen atoms in total. The van der Waals surface area contributed by atoms with Crippen molar-refractivity contribution in [3.05, 3.63) is 71.8 Å². The van der Waals surface area contributed by atoms with E-state index in [1.54, 1.807) is 23.2 Å². The molecule has 2 aliphatic rings. The highest BCUT2D eigenvalue weighted by molar-refractivity contribution is 6.34. The van der Waals surface area contributed by atoms with Gasteiger partial charge in [0, 0.05) is 24.2 Å². The molecule has 30 heavy (non-hydrogen) atoms. The van der Waals surface area contributed by atoms with Crippen molar-refractivity contribution in [3.63, 3.8) is 0 Å². The maximum atomic E-state index is 13.2. The zero-order valence-corrected chi connectivity index (χ0v) is 17.6. The van der Waals surface area contributed by atoms with Crippen molar-refractivity contribution in [2.24, 2.45) is 0 Å². The van der Waals surface area contributed by atoms with E-state index in [-0.39, 0.29) is 22.4 Å². The summed E-state index contributed by atoms with van der Waals surface area (Å²) >= 11 is 12.8. The van der Waals surface area contributed by atoms with Gasteiger partial charge >= 0.3 is 18.1 Å². The fraction of sp³-hybridized carbons (Fsp3) is 0.182. The van der Waals surface area contributed by atoms with Crippen LogP contribution >= 0.6 is 23.2 Å². The molecule has 3 aromatic carbocycles. The largest absolute Gasteiger partial charge is 0.452 e. The summed E-state index contributed by atoms with van der Waals surface area (Å²) in [6, 6.07) is 20.7. The summed E-state index contributed by atoms with van der Waals surface area (Å²) in [7, 11) is 1.50. The Labute approximate surface area is 183 Å². The molecular formula is C22H19Cl2N4O2+. The van der Waals surface area contributed by atoms with Crippen LogP contribution in [0.2, 0.25) is 5.02 Å². The minimum Gasteiger partial charge on any atom is -0.364 e. The summed E-state index contributed by atoms with van der Waals surface area (Å²) in [5.74, 6) is -0.0937. The molecule has 0 aliphatic carbocycles. The number of alkyl halides is 1. The Hall–Kier alpha value is -2.64. The molecule has 5 rings (SSSR count). The average Bonchev–Trinajstić information content (AvgIpc) is 3.41. The molecule has 3 amide bonds. The first-order chi connectivity index (χ1) is 14.5. The SMILES string of the molecule is CN1C(=O)C2N(C(CCl)Nc3cccc4ccccc34)[N+]2(c2ccccc2Cl)C1=O. The number of carbonyl (C=O) groups is 2. The molecule has 0 bridgehead atoms. The van der Waals surface area contributed by atoms with E-state index in [0.717, 1.165) is 21.4 Å². The average molecular weight is 442 g/mol. The van der Waals surface area contributed by atoms with E-state index in [2.05, 4.69) is 5.32 Å². The van der Waals surface area contributed by atoms with Gasteiger partial charge in [0.05, 0.1) is 5.88 Å². The summed E-state index contributed by atoms with van der Waals surface area (Å²) in [5.41, 5.74) is 1.46. The van der Waals surface area contributed by atoms with E-state index in [4.69, 9.17) is 23.2 Å². The van der Waals surface area contributed by atoms with Crippen molar-refractivity contribution in [1.82, 2.24) is 14.5 Å². The number of hydrogen-bond acceptors (Lipinski definition) is 4. The summed E-state index contributed by atoms with van der Waals surface area (Å²) in [6.45, 7) is 0. The summed E-state index contributed by atoms with van der Waals surface area (Å²) in [4.78, 5) is 27.3. The number of amides is 3. The number of fused-ring (bicyclic) bond motifs is 2. The van der Waals surface area contributed by atoms with E-state index >= 15 is 0 Å². The molecule has 0 aromatic heterocycles. The van der Waals surface area contributed by atoms with Crippen LogP contribution in [0, 0.1) is 0 Å². The van der Waals surface area contributed by atoms with E-state index < -0.39 is 12.3 Å². The summed E-state index contributed by atoms with van der Waals surface area (Å²) in [6.07, 6.45) is -1.14. The Kier molecular flexibility index (Phi) is 4.48. The number of para-hydroxylation sites is 1. The van der Waals surface area contributed by atoms with Crippen LogP contribution in [0.3, 0.4) is 0 Å². The van der Waals surface area contributed by atoms with Gasteiger partial charge in [-0.2, -0.15) is 0 Å². The first-order valence-electron chi connectivity index (χ1n) is 9.57. The van der Waals surface area contributed by atoms with Crippen LogP contribution in [-0.4, -0.2) is 47.1 Å². The third-order valence-corrected chi connectivity index (χ3v) is 6.45. The molecule has 4 unspecified atom stereocenters. The molecular weight excluding hydrogens is 423 g/mol. The van der Waals surface area contributed by atoms with E-state index in [1.807, 2.05) is 48.5 Å². The number of hydrogen-bond donors (Lipinski definition) is 1.